The SMILES string of the molecule is COC1(O)CC1[Si](C)(C)C. The van der Waals surface area contributed by atoms with Gasteiger partial charge in [0.05, 0.1) is 8.07 Å². The van der Waals surface area contributed by atoms with Gasteiger partial charge >= 0.3 is 0 Å². The number of hydrogen-bond donors (Lipinski definition) is 1. The van der Waals surface area contributed by atoms with Crippen LogP contribution in [0.2, 0.25) is 25.2 Å². The predicted octanol–water partition coefficient (Wildman–Crippen LogP) is 1.43. The van der Waals surface area contributed by atoms with Gasteiger partial charge in [0, 0.05) is 19.1 Å². The van der Waals surface area contributed by atoms with Gasteiger partial charge in [-0.1, -0.05) is 19.6 Å². The maximum atomic E-state index is 9.55. The van der Waals surface area contributed by atoms with Gasteiger partial charge in [0.25, 0.3) is 0 Å². The summed E-state index contributed by atoms with van der Waals surface area (Å²) >= 11 is 0. The van der Waals surface area contributed by atoms with E-state index in [-0.39, 0.29) is 0 Å². The zero-order valence-corrected chi connectivity index (χ0v) is 8.14. The minimum absolute atomic E-state index is 0.449. The maximum Gasteiger partial charge on any atom is 0.165 e. The normalized spacial score (nSPS) is 39.9. The highest BCUT2D eigenvalue weighted by atomic mass is 28.3. The Hall–Kier alpha value is 0.137. The van der Waals surface area contributed by atoms with Crippen LogP contribution in [0.1, 0.15) is 6.42 Å². The third kappa shape index (κ3) is 1.26. The largest absolute Gasteiger partial charge is 0.365 e. The first-order chi connectivity index (χ1) is 4.40. The number of methoxy groups -OCH3 is 1. The van der Waals surface area contributed by atoms with Crippen molar-refractivity contribution in [3.05, 3.63) is 0 Å². The van der Waals surface area contributed by atoms with Crippen molar-refractivity contribution in [3.8, 4) is 0 Å². The summed E-state index contributed by atoms with van der Waals surface area (Å²) in [6.07, 6.45) is 0.846. The molecule has 1 saturated carbocycles. The maximum absolute atomic E-state index is 9.55. The van der Waals surface area contributed by atoms with Crippen LogP contribution in [0.15, 0.2) is 0 Å². The summed E-state index contributed by atoms with van der Waals surface area (Å²) in [5.74, 6) is -0.746. The fourth-order valence-electron chi connectivity index (χ4n) is 1.44. The third-order valence-corrected chi connectivity index (χ3v) is 5.03. The molecule has 0 heterocycles. The highest BCUT2D eigenvalue weighted by molar-refractivity contribution is 6.78. The van der Waals surface area contributed by atoms with Gasteiger partial charge in [0.2, 0.25) is 0 Å². The molecule has 3 heteroatoms. The lowest BCUT2D eigenvalue weighted by Gasteiger charge is -2.17. The molecule has 2 unspecified atom stereocenters. The lowest BCUT2D eigenvalue weighted by molar-refractivity contribution is -0.100. The van der Waals surface area contributed by atoms with Gasteiger partial charge in [-0.05, 0) is 0 Å². The Balaban J connectivity index is 2.52. The van der Waals surface area contributed by atoms with Crippen molar-refractivity contribution in [1.82, 2.24) is 0 Å². The first-order valence-corrected chi connectivity index (χ1v) is 7.25. The molecule has 0 aromatic rings. The number of rotatable bonds is 2. The Morgan fingerprint density at radius 2 is 2.00 bits per heavy atom. The van der Waals surface area contributed by atoms with Crippen molar-refractivity contribution >= 4 is 8.07 Å². The summed E-state index contributed by atoms with van der Waals surface area (Å²) in [4.78, 5) is 0. The molecular weight excluding hydrogens is 144 g/mol. The van der Waals surface area contributed by atoms with Crippen LogP contribution in [0.5, 0.6) is 0 Å². The Morgan fingerprint density at radius 1 is 1.50 bits per heavy atom. The van der Waals surface area contributed by atoms with Crippen LogP contribution in [-0.4, -0.2) is 26.1 Å². The lowest BCUT2D eigenvalue weighted by Crippen LogP contribution is -2.27. The van der Waals surface area contributed by atoms with Gasteiger partial charge in [-0.2, -0.15) is 0 Å². The first kappa shape index (κ1) is 8.24. The zero-order chi connectivity index (χ0) is 7.99. The number of hydrogen-bond acceptors (Lipinski definition) is 2. The Kier molecular flexibility index (Phi) is 1.70. The predicted molar refractivity (Wildman–Crippen MR) is 43.7 cm³/mol. The summed E-state index contributed by atoms with van der Waals surface area (Å²) in [6, 6.07) is 0. The standard InChI is InChI=1S/C7H16O2Si/c1-9-7(8)5-6(7)10(2,3)4/h6,8H,5H2,1-4H3. The number of ether oxygens (including phenoxy) is 1. The van der Waals surface area contributed by atoms with E-state index >= 15 is 0 Å². The molecule has 0 saturated heterocycles. The zero-order valence-electron chi connectivity index (χ0n) is 7.14. The van der Waals surface area contributed by atoms with Gasteiger partial charge < -0.3 is 9.84 Å². The molecule has 10 heavy (non-hydrogen) atoms. The van der Waals surface area contributed by atoms with Crippen molar-refractivity contribution in [1.29, 1.82) is 0 Å². The van der Waals surface area contributed by atoms with Crippen LogP contribution in [-0.2, 0) is 4.74 Å². The smallest absolute Gasteiger partial charge is 0.165 e. The van der Waals surface area contributed by atoms with Gasteiger partial charge in [-0.15, -0.1) is 0 Å². The summed E-state index contributed by atoms with van der Waals surface area (Å²) in [5.41, 5.74) is 0.449. The molecule has 1 rings (SSSR count). The second-order valence-corrected chi connectivity index (χ2v) is 9.60. The highest BCUT2D eigenvalue weighted by Gasteiger charge is 2.59. The minimum Gasteiger partial charge on any atom is -0.365 e. The quantitative estimate of drug-likeness (QED) is 0.489. The minimum atomic E-state index is -1.15. The molecule has 0 bridgehead atoms. The second-order valence-electron chi connectivity index (χ2n) is 4.17. The molecule has 1 aliphatic carbocycles. The Labute approximate surface area is 63.2 Å². The first-order valence-electron chi connectivity index (χ1n) is 3.68. The molecule has 0 aromatic carbocycles. The summed E-state index contributed by atoms with van der Waals surface area (Å²) in [6.45, 7) is 6.78. The molecule has 60 valence electrons. The van der Waals surface area contributed by atoms with Crippen molar-refractivity contribution in [2.45, 2.75) is 37.4 Å². The molecular formula is C7H16O2Si. The van der Waals surface area contributed by atoms with Crippen LogP contribution in [0.25, 0.3) is 0 Å². The van der Waals surface area contributed by atoms with E-state index in [9.17, 15) is 5.11 Å². The van der Waals surface area contributed by atoms with Crippen LogP contribution in [0.4, 0.5) is 0 Å². The summed E-state index contributed by atoms with van der Waals surface area (Å²) in [5, 5.41) is 9.55. The second kappa shape index (κ2) is 2.06. The third-order valence-electron chi connectivity index (χ3n) is 2.28. The highest BCUT2D eigenvalue weighted by Crippen LogP contribution is 2.55. The van der Waals surface area contributed by atoms with Crippen LogP contribution >= 0.6 is 0 Å². The van der Waals surface area contributed by atoms with Gasteiger partial charge in [0.15, 0.2) is 5.79 Å². The van der Waals surface area contributed by atoms with Crippen molar-refractivity contribution in [2.24, 2.45) is 0 Å². The topological polar surface area (TPSA) is 29.5 Å². The lowest BCUT2D eigenvalue weighted by atomic mass is 10.7. The van der Waals surface area contributed by atoms with Crippen LogP contribution in [0, 0.1) is 0 Å². The van der Waals surface area contributed by atoms with Crippen molar-refractivity contribution in [2.75, 3.05) is 7.11 Å². The van der Waals surface area contributed by atoms with Crippen LogP contribution in [0.3, 0.4) is 0 Å². The van der Waals surface area contributed by atoms with Gasteiger partial charge in [-0.3, -0.25) is 0 Å². The molecule has 0 radical (unpaired) electrons. The van der Waals surface area contributed by atoms with E-state index in [1.54, 1.807) is 7.11 Å². The monoisotopic (exact) mass is 160 g/mol. The molecule has 0 spiro atoms. The van der Waals surface area contributed by atoms with Crippen molar-refractivity contribution < 1.29 is 9.84 Å². The molecule has 2 atom stereocenters. The van der Waals surface area contributed by atoms with E-state index in [1.807, 2.05) is 0 Å². The van der Waals surface area contributed by atoms with E-state index in [0.717, 1.165) is 6.42 Å². The van der Waals surface area contributed by atoms with E-state index in [2.05, 4.69) is 19.6 Å². The van der Waals surface area contributed by atoms with E-state index in [4.69, 9.17) is 4.74 Å². The summed E-state index contributed by atoms with van der Waals surface area (Å²) in [7, 11) is 0.429. The molecule has 0 aromatic heterocycles. The molecule has 0 amide bonds. The summed E-state index contributed by atoms with van der Waals surface area (Å²) < 4.78 is 4.98. The molecule has 1 fully saturated rings. The van der Waals surface area contributed by atoms with E-state index in [1.165, 1.54) is 0 Å². The average Bonchev–Trinajstić information content (AvgIpc) is 2.43. The number of aliphatic hydroxyl groups is 1. The average molecular weight is 160 g/mol. The molecule has 1 N–H and O–H groups in total. The van der Waals surface area contributed by atoms with Gasteiger partial charge in [0.1, 0.15) is 0 Å². The molecule has 0 aliphatic heterocycles. The van der Waals surface area contributed by atoms with Gasteiger partial charge in [-0.25, -0.2) is 0 Å². The Morgan fingerprint density at radius 3 is 2.10 bits per heavy atom. The fourth-order valence-corrected chi connectivity index (χ4v) is 3.82. The molecule has 2 nitrogen and oxygen atoms in total. The fraction of sp³-hybridized carbons (Fsp3) is 1.00. The van der Waals surface area contributed by atoms with Crippen molar-refractivity contribution in [3.63, 3.8) is 0 Å². The Bertz CT molecular complexity index is 141. The van der Waals surface area contributed by atoms with E-state index < -0.39 is 13.9 Å². The molecule has 1 aliphatic rings. The van der Waals surface area contributed by atoms with Crippen LogP contribution < -0.4 is 0 Å². The van der Waals surface area contributed by atoms with E-state index in [0.29, 0.717) is 5.54 Å².